The van der Waals surface area contributed by atoms with Gasteiger partial charge in [-0.1, -0.05) is 13.0 Å². The first-order valence-corrected chi connectivity index (χ1v) is 9.75. The molecule has 27 heavy (non-hydrogen) atoms. The predicted molar refractivity (Wildman–Crippen MR) is 105 cm³/mol. The Morgan fingerprint density at radius 1 is 1.26 bits per heavy atom. The maximum absolute atomic E-state index is 10.8. The first kappa shape index (κ1) is 19.7. The fourth-order valence-electron chi connectivity index (χ4n) is 3.47. The third-order valence-electron chi connectivity index (χ3n) is 5.36. The van der Waals surface area contributed by atoms with Gasteiger partial charge in [-0.3, -0.25) is 4.90 Å². The molecular weight excluding hydrogens is 342 g/mol. The number of imidazole rings is 1. The summed E-state index contributed by atoms with van der Waals surface area (Å²) in [5.74, 6) is 1.57. The topological polar surface area (TPSA) is 59.8 Å². The number of aromatic nitrogens is 2. The lowest BCUT2D eigenvalue weighted by Crippen LogP contribution is -2.46. The molecule has 0 aliphatic carbocycles. The van der Waals surface area contributed by atoms with Crippen LogP contribution in [0.3, 0.4) is 0 Å². The molecule has 1 aromatic carbocycles. The molecule has 0 radical (unpaired) electrons. The summed E-state index contributed by atoms with van der Waals surface area (Å²) in [5.41, 5.74) is 0.548. The van der Waals surface area contributed by atoms with E-state index in [4.69, 9.17) is 9.47 Å². The molecule has 0 spiro atoms. The Hall–Kier alpha value is -2.05. The zero-order chi connectivity index (χ0) is 19.3. The number of hydrogen-bond donors (Lipinski definition) is 1. The molecule has 1 fully saturated rings. The van der Waals surface area contributed by atoms with E-state index in [2.05, 4.69) is 35.9 Å². The Bertz CT molecular complexity index is 709. The van der Waals surface area contributed by atoms with E-state index < -0.39 is 5.60 Å². The Morgan fingerprint density at radius 3 is 2.67 bits per heavy atom. The molecule has 1 N–H and O–H groups in total. The van der Waals surface area contributed by atoms with Crippen molar-refractivity contribution < 1.29 is 14.6 Å². The van der Waals surface area contributed by atoms with Crippen LogP contribution in [0.1, 0.15) is 38.7 Å². The van der Waals surface area contributed by atoms with Crippen LogP contribution < -0.4 is 9.47 Å². The minimum Gasteiger partial charge on any atom is -0.493 e. The van der Waals surface area contributed by atoms with Crippen LogP contribution in [-0.4, -0.2) is 51.5 Å². The molecule has 1 saturated heterocycles. The van der Waals surface area contributed by atoms with Crippen LogP contribution in [0.2, 0.25) is 0 Å². The van der Waals surface area contributed by atoms with Crippen molar-refractivity contribution in [3.63, 3.8) is 0 Å². The molecule has 2 aromatic rings. The Kier molecular flexibility index (Phi) is 6.39. The van der Waals surface area contributed by atoms with Crippen molar-refractivity contribution >= 4 is 0 Å². The van der Waals surface area contributed by atoms with E-state index in [-0.39, 0.29) is 6.10 Å². The summed E-state index contributed by atoms with van der Waals surface area (Å²) in [6.07, 6.45) is 8.07. The van der Waals surface area contributed by atoms with Crippen molar-refractivity contribution in [2.45, 2.75) is 57.9 Å². The Balaban J connectivity index is 1.57. The maximum Gasteiger partial charge on any atom is 0.161 e. The van der Waals surface area contributed by atoms with Gasteiger partial charge in [0.1, 0.15) is 0 Å². The van der Waals surface area contributed by atoms with Gasteiger partial charge in [0.15, 0.2) is 11.5 Å². The summed E-state index contributed by atoms with van der Waals surface area (Å²) in [6, 6.07) is 6.16. The minimum absolute atomic E-state index is 0.167. The summed E-state index contributed by atoms with van der Waals surface area (Å²) in [5, 5.41) is 10.8. The van der Waals surface area contributed by atoms with E-state index in [1.807, 2.05) is 16.8 Å². The van der Waals surface area contributed by atoms with Gasteiger partial charge in [-0.2, -0.15) is 0 Å². The lowest BCUT2D eigenvalue weighted by atomic mass is 9.91. The average Bonchev–Trinajstić information content (AvgIpc) is 3.17. The smallest absolute Gasteiger partial charge is 0.161 e. The number of benzene rings is 1. The molecule has 1 aliphatic heterocycles. The van der Waals surface area contributed by atoms with Crippen LogP contribution in [0, 0.1) is 0 Å². The number of aliphatic hydroxyl groups is 1. The molecule has 0 saturated carbocycles. The van der Waals surface area contributed by atoms with Crippen molar-refractivity contribution in [3.05, 3.63) is 42.5 Å². The number of likely N-dealkylation sites (tertiary alicyclic amines) is 1. The van der Waals surface area contributed by atoms with Crippen LogP contribution >= 0.6 is 0 Å². The number of methoxy groups -OCH3 is 1. The molecule has 2 heterocycles. The van der Waals surface area contributed by atoms with Crippen LogP contribution in [0.25, 0.3) is 0 Å². The highest BCUT2D eigenvalue weighted by atomic mass is 16.5. The van der Waals surface area contributed by atoms with Crippen molar-refractivity contribution in [2.24, 2.45) is 0 Å². The first-order valence-electron chi connectivity index (χ1n) is 9.75. The highest BCUT2D eigenvalue weighted by Gasteiger charge is 2.32. The normalized spacial score (nSPS) is 18.2. The van der Waals surface area contributed by atoms with Gasteiger partial charge in [0.05, 0.1) is 31.7 Å². The molecule has 1 atom stereocenters. The number of piperidine rings is 1. The highest BCUT2D eigenvalue weighted by Crippen LogP contribution is 2.31. The molecule has 0 amide bonds. The number of ether oxygens (including phenoxy) is 2. The van der Waals surface area contributed by atoms with Gasteiger partial charge >= 0.3 is 0 Å². The van der Waals surface area contributed by atoms with Gasteiger partial charge in [-0.05, 0) is 43.9 Å². The molecule has 3 rings (SSSR count). The van der Waals surface area contributed by atoms with E-state index in [1.54, 1.807) is 19.6 Å². The van der Waals surface area contributed by atoms with Gasteiger partial charge in [-0.15, -0.1) is 0 Å². The van der Waals surface area contributed by atoms with Gasteiger partial charge in [0.25, 0.3) is 0 Å². The largest absolute Gasteiger partial charge is 0.493 e. The zero-order valence-corrected chi connectivity index (χ0v) is 16.6. The van der Waals surface area contributed by atoms with Gasteiger partial charge in [0, 0.05) is 32.0 Å². The Morgan fingerprint density at radius 2 is 2.04 bits per heavy atom. The van der Waals surface area contributed by atoms with Crippen LogP contribution in [0.5, 0.6) is 11.5 Å². The maximum atomic E-state index is 10.8. The molecular formula is C21H31N3O3. The summed E-state index contributed by atoms with van der Waals surface area (Å²) >= 11 is 0. The molecule has 1 aromatic heterocycles. The fraction of sp³-hybridized carbons (Fsp3) is 0.571. The zero-order valence-electron chi connectivity index (χ0n) is 16.6. The van der Waals surface area contributed by atoms with E-state index in [0.717, 1.165) is 50.4 Å². The second kappa shape index (κ2) is 8.76. The monoisotopic (exact) mass is 373 g/mol. The molecule has 148 valence electrons. The van der Waals surface area contributed by atoms with E-state index >= 15 is 0 Å². The van der Waals surface area contributed by atoms with Crippen molar-refractivity contribution in [1.29, 1.82) is 0 Å². The van der Waals surface area contributed by atoms with E-state index in [9.17, 15) is 5.11 Å². The third kappa shape index (κ3) is 5.23. The van der Waals surface area contributed by atoms with Gasteiger partial charge in [-0.25, -0.2) is 4.98 Å². The number of nitrogens with zero attached hydrogens (tertiary/aromatic N) is 3. The minimum atomic E-state index is -0.650. The summed E-state index contributed by atoms with van der Waals surface area (Å²) in [7, 11) is 1.68. The van der Waals surface area contributed by atoms with Gasteiger partial charge in [0.2, 0.25) is 0 Å². The van der Waals surface area contributed by atoms with Crippen LogP contribution in [-0.2, 0) is 13.1 Å². The lowest BCUT2D eigenvalue weighted by molar-refractivity contribution is -0.0357. The van der Waals surface area contributed by atoms with E-state index in [0.29, 0.717) is 6.54 Å². The SMILES string of the molecule is CC[C@@H](C)Oc1ccc(CN2CCC(O)(Cn3ccnc3)CC2)cc1OC. The molecule has 6 heteroatoms. The van der Waals surface area contributed by atoms with Crippen molar-refractivity contribution in [3.8, 4) is 11.5 Å². The van der Waals surface area contributed by atoms with Crippen molar-refractivity contribution in [2.75, 3.05) is 20.2 Å². The Labute approximate surface area is 161 Å². The van der Waals surface area contributed by atoms with Crippen LogP contribution in [0.4, 0.5) is 0 Å². The number of rotatable bonds is 8. The summed E-state index contributed by atoms with van der Waals surface area (Å²) in [4.78, 5) is 6.44. The molecule has 0 bridgehead atoms. The molecule has 6 nitrogen and oxygen atoms in total. The number of hydrogen-bond acceptors (Lipinski definition) is 5. The molecule has 1 aliphatic rings. The molecule has 0 unspecified atom stereocenters. The quantitative estimate of drug-likeness (QED) is 0.770. The van der Waals surface area contributed by atoms with E-state index in [1.165, 1.54) is 5.56 Å². The standard InChI is InChI=1S/C21H31N3O3/c1-4-17(2)27-19-6-5-18(13-20(19)26-3)14-23-10-7-21(25,8-11-23)15-24-12-9-22-16-24/h5-6,9,12-13,16-17,25H,4,7-8,10-11,14-15H2,1-3H3/t17-/m1/s1. The van der Waals surface area contributed by atoms with Gasteiger partial charge < -0.3 is 19.1 Å². The predicted octanol–water partition coefficient (Wildman–Crippen LogP) is 3.10. The lowest BCUT2D eigenvalue weighted by Gasteiger charge is -2.38. The second-order valence-corrected chi connectivity index (χ2v) is 7.56. The first-order chi connectivity index (χ1) is 13.0. The average molecular weight is 373 g/mol. The fourth-order valence-corrected chi connectivity index (χ4v) is 3.47. The second-order valence-electron chi connectivity index (χ2n) is 7.56. The third-order valence-corrected chi connectivity index (χ3v) is 5.36. The summed E-state index contributed by atoms with van der Waals surface area (Å²) in [6.45, 7) is 7.37. The summed E-state index contributed by atoms with van der Waals surface area (Å²) < 4.78 is 13.4. The van der Waals surface area contributed by atoms with Crippen LogP contribution in [0.15, 0.2) is 36.9 Å². The highest BCUT2D eigenvalue weighted by molar-refractivity contribution is 5.43. The van der Waals surface area contributed by atoms with Crippen molar-refractivity contribution in [1.82, 2.24) is 14.5 Å².